The molecule has 0 spiro atoms. The largest absolute Gasteiger partial charge is 0.435 e. The van der Waals surface area contributed by atoms with Gasteiger partial charge in [0.05, 0.1) is 21.8 Å². The molecule has 2 aromatic heterocycles. The Morgan fingerprint density at radius 1 is 0.518 bits per heavy atom. The molecular weight excluding hydrogens is 790 g/mol. The maximum absolute atomic E-state index is 11.2. The van der Waals surface area contributed by atoms with Gasteiger partial charge in [0.25, 0.3) is 0 Å². The lowest BCUT2D eigenvalue weighted by molar-refractivity contribution is 0.111. The van der Waals surface area contributed by atoms with Crippen LogP contribution < -0.4 is 9.80 Å². The molecule has 0 aliphatic heterocycles. The molecule has 8 nitrogen and oxygen atoms in total. The first-order valence-electron chi connectivity index (χ1n) is 16.9. The van der Waals surface area contributed by atoms with Crippen LogP contribution in [0.2, 0.25) is 0 Å². The highest BCUT2D eigenvalue weighted by atomic mass is 35.5. The van der Waals surface area contributed by atoms with E-state index in [1.807, 2.05) is 86.5 Å². The van der Waals surface area contributed by atoms with E-state index in [4.69, 9.17) is 65.2 Å². The Kier molecular flexibility index (Phi) is 14.6. The minimum atomic E-state index is 0.194. The van der Waals surface area contributed by atoms with Crippen LogP contribution in [-0.2, 0) is 0 Å². The van der Waals surface area contributed by atoms with Crippen LogP contribution in [0.15, 0.2) is 106 Å². The summed E-state index contributed by atoms with van der Waals surface area (Å²) in [5, 5.41) is 0.389. The summed E-state index contributed by atoms with van der Waals surface area (Å²) in [6.07, 6.45) is 1.59. The van der Waals surface area contributed by atoms with Crippen molar-refractivity contribution in [2.45, 2.75) is 0 Å². The van der Waals surface area contributed by atoms with Crippen LogP contribution in [0.4, 0.5) is 11.4 Å². The first-order valence-corrected chi connectivity index (χ1v) is 19.0. The molecule has 12 heteroatoms. The Hall–Kier alpha value is -5.74. The van der Waals surface area contributed by atoms with E-state index in [2.05, 4.69) is 23.7 Å². The van der Waals surface area contributed by atoms with Gasteiger partial charge in [0.1, 0.15) is 23.6 Å². The first-order chi connectivity index (χ1) is 27.1. The third-order valence-corrected chi connectivity index (χ3v) is 8.20. The number of carbonyl (C=O) groups is 2. The molecule has 0 N–H and O–H groups in total. The number of halogens is 4. The van der Waals surface area contributed by atoms with Crippen LogP contribution in [0.25, 0.3) is 45.1 Å². The van der Waals surface area contributed by atoms with Crippen LogP contribution in [-0.4, -0.2) is 61.4 Å². The molecule has 2 heterocycles. The Balaban J connectivity index is 0.000000941. The SMILES string of the molecule is CN(C)c1ccc(-c2nc3c(C#Cc4ccc(C=O)cc4)c4oc(-c5ccc(N(C)C)cc5)nc4c(C#Cc4ccc(C=O)cc4)c3o2)cc1.ClCCl.ClCCl. The number of anilines is 2. The average molecular weight is 825 g/mol. The molecule has 0 fully saturated rings. The quantitative estimate of drug-likeness (QED) is 0.0930. The monoisotopic (exact) mass is 822 g/mol. The predicted octanol–water partition coefficient (Wildman–Crippen LogP) is 10.7. The average Bonchev–Trinajstić information content (AvgIpc) is 3.86. The van der Waals surface area contributed by atoms with Crippen molar-refractivity contribution in [2.24, 2.45) is 0 Å². The van der Waals surface area contributed by atoms with E-state index in [1.54, 1.807) is 48.5 Å². The van der Waals surface area contributed by atoms with Gasteiger partial charge >= 0.3 is 0 Å². The molecule has 282 valence electrons. The zero-order chi connectivity index (χ0) is 40.2. The minimum absolute atomic E-state index is 0.194. The van der Waals surface area contributed by atoms with Gasteiger partial charge in [-0.15, -0.1) is 46.4 Å². The number of oxazole rings is 2. The Morgan fingerprint density at radius 3 is 1.12 bits per heavy atom. The summed E-state index contributed by atoms with van der Waals surface area (Å²) >= 11 is 19.1. The standard InChI is InChI=1S/C42H30N4O4.2CH2Cl2/c1-45(2)33-19-15-31(16-20-33)41-43-37-35(23-13-27-5-9-29(25-47)10-6-27)40-38(44-42(50-40)32-17-21-34(22-18-32)46(3)4)36(39(37)49-41)24-14-28-7-11-30(26-48)12-8-28;2*2-1-3/h5-12,15-22,25-26H,1-4H3;2*1H2. The number of carbonyl (C=O) groups excluding carboxylic acids is 2. The summed E-state index contributed by atoms with van der Waals surface area (Å²) in [6, 6.07) is 29.9. The second-order valence-electron chi connectivity index (χ2n) is 12.2. The summed E-state index contributed by atoms with van der Waals surface area (Å²) in [6.45, 7) is 0. The van der Waals surface area contributed by atoms with Crippen molar-refractivity contribution >= 4 is 92.6 Å². The van der Waals surface area contributed by atoms with Gasteiger partial charge in [0.2, 0.25) is 11.8 Å². The highest BCUT2D eigenvalue weighted by molar-refractivity contribution is 6.41. The number of alkyl halides is 4. The minimum Gasteiger partial charge on any atom is -0.435 e. The molecule has 7 rings (SSSR count). The summed E-state index contributed by atoms with van der Waals surface area (Å²) in [5.74, 6) is 13.8. The zero-order valence-corrected chi connectivity index (χ0v) is 33.8. The third-order valence-electron chi connectivity index (χ3n) is 8.20. The van der Waals surface area contributed by atoms with E-state index in [0.717, 1.165) is 35.1 Å². The van der Waals surface area contributed by atoms with Crippen molar-refractivity contribution in [3.8, 4) is 46.6 Å². The van der Waals surface area contributed by atoms with Crippen LogP contribution >= 0.6 is 46.4 Å². The van der Waals surface area contributed by atoms with E-state index in [9.17, 15) is 9.59 Å². The van der Waals surface area contributed by atoms with Crippen molar-refractivity contribution in [1.29, 1.82) is 0 Å². The lowest BCUT2D eigenvalue weighted by Gasteiger charge is -2.11. The Labute approximate surface area is 344 Å². The van der Waals surface area contributed by atoms with Gasteiger partial charge in [0.15, 0.2) is 11.2 Å². The highest BCUT2D eigenvalue weighted by Gasteiger charge is 2.24. The molecule has 0 bridgehead atoms. The molecule has 0 saturated carbocycles. The number of aromatic nitrogens is 2. The first kappa shape index (κ1) is 41.4. The topological polar surface area (TPSA) is 92.7 Å². The number of hydrogen-bond acceptors (Lipinski definition) is 8. The lowest BCUT2D eigenvalue weighted by atomic mass is 10.1. The maximum Gasteiger partial charge on any atom is 0.227 e. The van der Waals surface area contributed by atoms with E-state index >= 15 is 0 Å². The summed E-state index contributed by atoms with van der Waals surface area (Å²) in [7, 11) is 7.93. The molecule has 5 aromatic carbocycles. The van der Waals surface area contributed by atoms with Gasteiger partial charge in [0, 0.05) is 72.9 Å². The molecular formula is C44H34Cl4N4O4. The molecule has 0 aliphatic carbocycles. The van der Waals surface area contributed by atoms with Crippen molar-refractivity contribution in [2.75, 3.05) is 48.7 Å². The van der Waals surface area contributed by atoms with Gasteiger partial charge in [-0.1, -0.05) is 47.9 Å². The highest BCUT2D eigenvalue weighted by Crippen LogP contribution is 2.38. The molecule has 0 unspecified atom stereocenters. The number of benzene rings is 5. The maximum atomic E-state index is 11.2. The van der Waals surface area contributed by atoms with Crippen molar-refractivity contribution in [1.82, 2.24) is 9.97 Å². The zero-order valence-electron chi connectivity index (χ0n) is 30.7. The second kappa shape index (κ2) is 19.7. The smallest absolute Gasteiger partial charge is 0.227 e. The number of fused-ring (bicyclic) bond motifs is 2. The van der Waals surface area contributed by atoms with Crippen LogP contribution in [0.1, 0.15) is 43.0 Å². The third kappa shape index (κ3) is 9.92. The van der Waals surface area contributed by atoms with Gasteiger partial charge < -0.3 is 18.6 Å². The van der Waals surface area contributed by atoms with Gasteiger partial charge in [-0.25, -0.2) is 9.97 Å². The molecule has 0 amide bonds. The van der Waals surface area contributed by atoms with Gasteiger partial charge in [-0.2, -0.15) is 0 Å². The molecule has 7 aromatic rings. The second-order valence-corrected chi connectivity index (χ2v) is 13.8. The fourth-order valence-corrected chi connectivity index (χ4v) is 5.38. The normalized spacial score (nSPS) is 10.1. The number of hydrogen-bond donors (Lipinski definition) is 0. The van der Waals surface area contributed by atoms with E-state index in [0.29, 0.717) is 67.4 Å². The van der Waals surface area contributed by atoms with Crippen LogP contribution in [0, 0.1) is 23.7 Å². The summed E-state index contributed by atoms with van der Waals surface area (Å²) in [4.78, 5) is 36.4. The summed E-state index contributed by atoms with van der Waals surface area (Å²) < 4.78 is 13.1. The number of nitrogens with zero attached hydrogens (tertiary/aromatic N) is 4. The fourth-order valence-electron chi connectivity index (χ4n) is 5.38. The molecule has 0 saturated heterocycles. The predicted molar refractivity (Wildman–Crippen MR) is 230 cm³/mol. The van der Waals surface area contributed by atoms with Crippen LogP contribution in [0.5, 0.6) is 0 Å². The van der Waals surface area contributed by atoms with E-state index < -0.39 is 0 Å². The van der Waals surface area contributed by atoms with Crippen LogP contribution in [0.3, 0.4) is 0 Å². The Morgan fingerprint density at radius 2 is 0.839 bits per heavy atom. The molecule has 0 atom stereocenters. The lowest BCUT2D eigenvalue weighted by Crippen LogP contribution is -2.07. The van der Waals surface area contributed by atoms with Gasteiger partial charge in [-0.3, -0.25) is 9.59 Å². The van der Waals surface area contributed by atoms with Crippen molar-refractivity contribution < 1.29 is 18.4 Å². The van der Waals surface area contributed by atoms with E-state index in [1.165, 1.54) is 0 Å². The number of aldehydes is 2. The van der Waals surface area contributed by atoms with Gasteiger partial charge in [-0.05, 0) is 72.8 Å². The van der Waals surface area contributed by atoms with E-state index in [-0.39, 0.29) is 10.7 Å². The summed E-state index contributed by atoms with van der Waals surface area (Å²) in [5.41, 5.74) is 8.98. The van der Waals surface area contributed by atoms with Crippen molar-refractivity contribution in [3.63, 3.8) is 0 Å². The van der Waals surface area contributed by atoms with Crippen molar-refractivity contribution in [3.05, 3.63) is 130 Å². The molecule has 0 radical (unpaired) electrons. The fraction of sp³-hybridized carbons (Fsp3) is 0.136. The molecule has 0 aliphatic rings. The molecule has 56 heavy (non-hydrogen) atoms. The Bertz CT molecular complexity index is 2320. The number of rotatable bonds is 6.